The van der Waals surface area contributed by atoms with Crippen LogP contribution in [0.1, 0.15) is 10.4 Å². The maximum atomic E-state index is 12.1. The third kappa shape index (κ3) is 3.28. The number of thiophene rings is 1. The van der Waals surface area contributed by atoms with Crippen molar-refractivity contribution in [3.63, 3.8) is 0 Å². The van der Waals surface area contributed by atoms with Crippen LogP contribution in [0.25, 0.3) is 0 Å². The molecule has 0 atom stereocenters. The molecule has 15 heavy (non-hydrogen) atoms. The highest BCUT2D eigenvalue weighted by Gasteiger charge is 2.18. The molecule has 0 spiro atoms. The Morgan fingerprint density at radius 3 is 2.53 bits per heavy atom. The van der Waals surface area contributed by atoms with Crippen molar-refractivity contribution in [1.82, 2.24) is 4.90 Å². The summed E-state index contributed by atoms with van der Waals surface area (Å²) in [5, 5.41) is 1.95. The van der Waals surface area contributed by atoms with Crippen molar-refractivity contribution < 1.29 is 4.79 Å². The number of hydrogen-bond donors (Lipinski definition) is 0. The molecule has 0 unspecified atom stereocenters. The fourth-order valence-electron chi connectivity index (χ4n) is 1.33. The van der Waals surface area contributed by atoms with Crippen molar-refractivity contribution in [2.24, 2.45) is 0 Å². The molecular weight excluding hydrogens is 361 g/mol. The molecule has 1 aromatic rings. The molecule has 1 aromatic heterocycles. The second kappa shape index (κ2) is 5.79. The normalized spacial score (nSPS) is 17.5. The van der Waals surface area contributed by atoms with E-state index in [2.05, 4.69) is 22.6 Å². The van der Waals surface area contributed by atoms with Gasteiger partial charge in [0.1, 0.15) is 0 Å². The van der Waals surface area contributed by atoms with E-state index >= 15 is 0 Å². The Labute approximate surface area is 115 Å². The number of hydrogen-bond acceptors (Lipinski definition) is 4. The lowest BCUT2D eigenvalue weighted by Crippen LogP contribution is -2.33. The minimum Gasteiger partial charge on any atom is -0.337 e. The molecule has 0 saturated carbocycles. The first-order chi connectivity index (χ1) is 7.27. The lowest BCUT2D eigenvalue weighted by Gasteiger charge is -2.18. The second-order valence-corrected chi connectivity index (χ2v) is 8.58. The molecule has 0 radical (unpaired) electrons. The van der Waals surface area contributed by atoms with Crippen LogP contribution in [-0.2, 0) is 0 Å². The Kier molecular flexibility index (Phi) is 4.66. The van der Waals surface area contributed by atoms with Gasteiger partial charge in [0.05, 0.1) is 8.45 Å². The van der Waals surface area contributed by atoms with Crippen LogP contribution in [-0.4, -0.2) is 35.4 Å². The molecule has 82 valence electrons. The smallest absolute Gasteiger partial charge is 0.254 e. The van der Waals surface area contributed by atoms with Gasteiger partial charge in [-0.1, -0.05) is 21.6 Å². The Hall–Kier alpha value is 0.600. The summed E-state index contributed by atoms with van der Waals surface area (Å²) in [6.45, 7) is 1.76. The Morgan fingerprint density at radius 2 is 2.00 bits per heavy atom. The van der Waals surface area contributed by atoms with E-state index < -0.39 is 0 Å². The SMILES string of the molecule is O=C(c1csc(I)c1)N1CCSSCC1. The number of rotatable bonds is 1. The fourth-order valence-corrected chi connectivity index (χ4v) is 4.63. The van der Waals surface area contributed by atoms with Gasteiger partial charge in [-0.15, -0.1) is 11.3 Å². The number of carbonyl (C=O) groups is 1. The lowest BCUT2D eigenvalue weighted by atomic mass is 10.3. The van der Waals surface area contributed by atoms with Crippen LogP contribution < -0.4 is 0 Å². The number of nitrogens with zero attached hydrogens (tertiary/aromatic N) is 1. The summed E-state index contributed by atoms with van der Waals surface area (Å²) in [7, 11) is 3.72. The highest BCUT2D eigenvalue weighted by molar-refractivity contribution is 14.1. The van der Waals surface area contributed by atoms with Crippen LogP contribution in [0, 0.1) is 2.88 Å². The number of carbonyl (C=O) groups excluding carboxylic acids is 1. The van der Waals surface area contributed by atoms with Crippen LogP contribution in [0.15, 0.2) is 11.4 Å². The predicted octanol–water partition coefficient (Wildman–Crippen LogP) is 3.19. The summed E-state index contributed by atoms with van der Waals surface area (Å²) in [5.74, 6) is 2.27. The molecule has 0 aromatic carbocycles. The van der Waals surface area contributed by atoms with Crippen molar-refractivity contribution >= 4 is 61.4 Å². The van der Waals surface area contributed by atoms with Gasteiger partial charge in [-0.3, -0.25) is 4.79 Å². The van der Waals surface area contributed by atoms with Gasteiger partial charge < -0.3 is 4.90 Å². The van der Waals surface area contributed by atoms with E-state index in [9.17, 15) is 4.79 Å². The van der Waals surface area contributed by atoms with E-state index in [1.54, 1.807) is 11.3 Å². The van der Waals surface area contributed by atoms with Crippen molar-refractivity contribution in [1.29, 1.82) is 0 Å². The van der Waals surface area contributed by atoms with Crippen LogP contribution in [0.4, 0.5) is 0 Å². The van der Waals surface area contributed by atoms with Gasteiger partial charge in [0, 0.05) is 30.0 Å². The van der Waals surface area contributed by atoms with E-state index in [-0.39, 0.29) is 5.91 Å². The average molecular weight is 371 g/mol. The van der Waals surface area contributed by atoms with E-state index in [4.69, 9.17) is 0 Å². The quantitative estimate of drug-likeness (QED) is 0.559. The maximum absolute atomic E-state index is 12.1. The van der Waals surface area contributed by atoms with Gasteiger partial charge in [-0.25, -0.2) is 0 Å². The van der Waals surface area contributed by atoms with Gasteiger partial charge in [0.25, 0.3) is 5.91 Å². The van der Waals surface area contributed by atoms with Crippen LogP contribution in [0.2, 0.25) is 0 Å². The zero-order valence-electron chi connectivity index (χ0n) is 7.94. The summed E-state index contributed by atoms with van der Waals surface area (Å²) in [6, 6.07) is 1.97. The lowest BCUT2D eigenvalue weighted by molar-refractivity contribution is 0.0777. The van der Waals surface area contributed by atoms with Gasteiger partial charge >= 0.3 is 0 Å². The van der Waals surface area contributed by atoms with Gasteiger partial charge in [0.15, 0.2) is 0 Å². The van der Waals surface area contributed by atoms with Crippen molar-refractivity contribution in [3.05, 3.63) is 19.9 Å². The molecular formula is C9H10INOS3. The van der Waals surface area contributed by atoms with E-state index in [1.807, 2.05) is 37.9 Å². The zero-order valence-corrected chi connectivity index (χ0v) is 12.5. The molecule has 6 heteroatoms. The minimum atomic E-state index is 0.192. The monoisotopic (exact) mass is 371 g/mol. The Bertz CT molecular complexity index is 347. The fraction of sp³-hybridized carbons (Fsp3) is 0.444. The molecule has 1 fully saturated rings. The van der Waals surface area contributed by atoms with E-state index in [0.717, 1.165) is 30.2 Å². The standard InChI is InChI=1S/C9H10INOS3/c10-8-5-7(6-13-8)9(12)11-1-3-14-15-4-2-11/h5-6H,1-4H2. The molecule has 2 heterocycles. The number of halogens is 1. The van der Waals surface area contributed by atoms with Gasteiger partial charge in [-0.05, 0) is 28.7 Å². The van der Waals surface area contributed by atoms with Crippen LogP contribution >= 0.6 is 55.5 Å². The maximum Gasteiger partial charge on any atom is 0.254 e. The molecule has 1 amide bonds. The Balaban J connectivity index is 2.06. The summed E-state index contributed by atoms with van der Waals surface area (Å²) in [4.78, 5) is 14.0. The summed E-state index contributed by atoms with van der Waals surface area (Å²) >= 11 is 3.88. The van der Waals surface area contributed by atoms with Gasteiger partial charge in [0.2, 0.25) is 0 Å². The van der Waals surface area contributed by atoms with E-state index in [0.29, 0.717) is 0 Å². The van der Waals surface area contributed by atoms with Gasteiger partial charge in [-0.2, -0.15) is 0 Å². The third-order valence-electron chi connectivity index (χ3n) is 2.07. The second-order valence-electron chi connectivity index (χ2n) is 3.08. The largest absolute Gasteiger partial charge is 0.337 e. The average Bonchev–Trinajstić information content (AvgIpc) is 2.53. The van der Waals surface area contributed by atoms with Crippen molar-refractivity contribution in [2.45, 2.75) is 0 Å². The number of amides is 1. The first kappa shape index (κ1) is 12.1. The first-order valence-electron chi connectivity index (χ1n) is 4.55. The molecule has 2 rings (SSSR count). The molecule has 0 aliphatic carbocycles. The highest BCUT2D eigenvalue weighted by Crippen LogP contribution is 2.25. The van der Waals surface area contributed by atoms with Crippen molar-refractivity contribution in [2.75, 3.05) is 24.6 Å². The molecule has 0 N–H and O–H groups in total. The molecule has 2 nitrogen and oxygen atoms in total. The summed E-state index contributed by atoms with van der Waals surface area (Å²) in [6.07, 6.45) is 0. The molecule has 1 aliphatic rings. The molecule has 0 bridgehead atoms. The molecule has 1 aliphatic heterocycles. The van der Waals surface area contributed by atoms with Crippen LogP contribution in [0.3, 0.4) is 0 Å². The Morgan fingerprint density at radius 1 is 1.33 bits per heavy atom. The topological polar surface area (TPSA) is 20.3 Å². The predicted molar refractivity (Wildman–Crippen MR) is 77.9 cm³/mol. The first-order valence-corrected chi connectivity index (χ1v) is 9.00. The third-order valence-corrected chi connectivity index (χ3v) is 6.23. The highest BCUT2D eigenvalue weighted by atomic mass is 127. The summed E-state index contributed by atoms with van der Waals surface area (Å²) < 4.78 is 1.18. The van der Waals surface area contributed by atoms with Crippen molar-refractivity contribution in [3.8, 4) is 0 Å². The minimum absolute atomic E-state index is 0.192. The molecule has 1 saturated heterocycles. The van der Waals surface area contributed by atoms with E-state index in [1.165, 1.54) is 2.88 Å². The van der Waals surface area contributed by atoms with Crippen LogP contribution in [0.5, 0.6) is 0 Å². The summed E-state index contributed by atoms with van der Waals surface area (Å²) in [5.41, 5.74) is 0.848. The zero-order chi connectivity index (χ0) is 10.7.